The van der Waals surface area contributed by atoms with Gasteiger partial charge in [0.1, 0.15) is 0 Å². The fourth-order valence-electron chi connectivity index (χ4n) is 1.39. The maximum Gasteiger partial charge on any atom is 0.229 e. The molecule has 0 aromatic heterocycles. The van der Waals surface area contributed by atoms with Crippen molar-refractivity contribution in [3.8, 4) is 0 Å². The third kappa shape index (κ3) is 3.84. The van der Waals surface area contributed by atoms with Crippen LogP contribution in [0.1, 0.15) is 47.1 Å². The largest absolute Gasteiger partial charge is 0.325 e. The number of carbonyl (C=O) groups is 1. The number of carbonyl (C=O) groups excluding carboxylic acids is 1. The fraction of sp³-hybridized carbons (Fsp3) is 0.533. The average molecular weight is 312 g/mol. The van der Waals surface area contributed by atoms with Crippen molar-refractivity contribution >= 4 is 27.5 Å². The summed E-state index contributed by atoms with van der Waals surface area (Å²) in [5.74, 6) is 0.0201. The van der Waals surface area contributed by atoms with E-state index >= 15 is 0 Å². The highest BCUT2D eigenvalue weighted by Crippen LogP contribution is 2.30. The predicted molar refractivity (Wildman–Crippen MR) is 80.9 cm³/mol. The van der Waals surface area contributed by atoms with Gasteiger partial charge >= 0.3 is 0 Å². The van der Waals surface area contributed by atoms with Gasteiger partial charge in [0.15, 0.2) is 0 Å². The second-order valence-electron chi connectivity index (χ2n) is 6.65. The van der Waals surface area contributed by atoms with Crippen molar-refractivity contribution in [2.75, 3.05) is 5.32 Å². The van der Waals surface area contributed by atoms with Crippen molar-refractivity contribution in [3.05, 3.63) is 28.2 Å². The van der Waals surface area contributed by atoms with Gasteiger partial charge in [-0.3, -0.25) is 4.79 Å². The van der Waals surface area contributed by atoms with E-state index in [-0.39, 0.29) is 16.7 Å². The minimum Gasteiger partial charge on any atom is -0.325 e. The number of anilines is 1. The van der Waals surface area contributed by atoms with E-state index in [1.54, 1.807) is 0 Å². The van der Waals surface area contributed by atoms with Crippen LogP contribution in [0.5, 0.6) is 0 Å². The highest BCUT2D eigenvalue weighted by atomic mass is 79.9. The number of hydrogen-bond acceptors (Lipinski definition) is 1. The molecule has 0 aliphatic carbocycles. The number of nitrogens with one attached hydrogen (secondary N) is 1. The Balaban J connectivity index is 2.98. The first-order valence-electron chi connectivity index (χ1n) is 6.13. The molecule has 100 valence electrons. The molecule has 0 spiro atoms. The maximum atomic E-state index is 11.9. The molecule has 2 nitrogen and oxygen atoms in total. The van der Waals surface area contributed by atoms with Crippen LogP contribution < -0.4 is 5.32 Å². The Morgan fingerprint density at radius 1 is 1.11 bits per heavy atom. The Morgan fingerprint density at radius 2 is 1.67 bits per heavy atom. The predicted octanol–water partition coefficient (Wildman–Crippen LogP) is 4.73. The van der Waals surface area contributed by atoms with Crippen molar-refractivity contribution in [1.82, 2.24) is 0 Å². The third-order valence-corrected chi connectivity index (χ3v) is 3.42. The number of rotatable bonds is 1. The zero-order chi connectivity index (χ0) is 14.1. The topological polar surface area (TPSA) is 29.1 Å². The molecule has 0 saturated carbocycles. The van der Waals surface area contributed by atoms with Gasteiger partial charge in [-0.15, -0.1) is 0 Å². The first kappa shape index (κ1) is 15.2. The van der Waals surface area contributed by atoms with Crippen molar-refractivity contribution < 1.29 is 4.79 Å². The van der Waals surface area contributed by atoms with Crippen LogP contribution in [0.4, 0.5) is 5.69 Å². The monoisotopic (exact) mass is 311 g/mol. The van der Waals surface area contributed by atoms with E-state index in [1.165, 1.54) is 5.56 Å². The van der Waals surface area contributed by atoms with Crippen LogP contribution in [-0.4, -0.2) is 5.91 Å². The molecule has 1 rings (SSSR count). The van der Waals surface area contributed by atoms with Gasteiger partial charge in [-0.1, -0.05) is 47.6 Å². The molecule has 0 radical (unpaired) electrons. The molecule has 18 heavy (non-hydrogen) atoms. The van der Waals surface area contributed by atoms with Crippen molar-refractivity contribution in [2.24, 2.45) is 5.41 Å². The average Bonchev–Trinajstić information content (AvgIpc) is 2.17. The molecule has 3 heteroatoms. The highest BCUT2D eigenvalue weighted by Gasteiger charge is 2.22. The third-order valence-electron chi connectivity index (χ3n) is 2.76. The van der Waals surface area contributed by atoms with E-state index in [1.807, 2.05) is 26.8 Å². The molecule has 0 aliphatic heterocycles. The minimum atomic E-state index is -0.387. The van der Waals surface area contributed by atoms with Crippen LogP contribution in [0.25, 0.3) is 0 Å². The quantitative estimate of drug-likeness (QED) is 0.798. The second kappa shape index (κ2) is 5.04. The first-order chi connectivity index (χ1) is 8.01. The summed E-state index contributed by atoms with van der Waals surface area (Å²) in [6.45, 7) is 12.2. The van der Waals surface area contributed by atoms with Crippen molar-refractivity contribution in [3.63, 3.8) is 0 Å². The second-order valence-corrected chi connectivity index (χ2v) is 7.50. The molecule has 1 amide bonds. The van der Waals surface area contributed by atoms with Gasteiger partial charge in [0.2, 0.25) is 5.91 Å². The van der Waals surface area contributed by atoms with E-state index < -0.39 is 0 Å². The number of amides is 1. The minimum absolute atomic E-state index is 0.0201. The maximum absolute atomic E-state index is 11.9. The fourth-order valence-corrected chi connectivity index (χ4v) is 1.87. The summed E-state index contributed by atoms with van der Waals surface area (Å²) in [7, 11) is 0. The van der Waals surface area contributed by atoms with Crippen molar-refractivity contribution in [1.29, 1.82) is 0 Å². The van der Waals surface area contributed by atoms with Gasteiger partial charge in [-0.25, -0.2) is 0 Å². The molecule has 0 saturated heterocycles. The Hall–Kier alpha value is -0.830. The number of halogens is 1. The van der Waals surface area contributed by atoms with Gasteiger partial charge < -0.3 is 5.32 Å². The van der Waals surface area contributed by atoms with Crippen LogP contribution in [0.3, 0.4) is 0 Å². The lowest BCUT2D eigenvalue weighted by molar-refractivity contribution is -0.123. The molecular weight excluding hydrogens is 290 g/mol. The summed E-state index contributed by atoms with van der Waals surface area (Å²) in [6, 6.07) is 6.08. The molecule has 0 bridgehead atoms. The lowest BCUT2D eigenvalue weighted by Gasteiger charge is -2.22. The Labute approximate surface area is 118 Å². The Morgan fingerprint density at radius 3 is 2.06 bits per heavy atom. The molecule has 1 aromatic carbocycles. The Bertz CT molecular complexity index is 453. The molecule has 0 fully saturated rings. The van der Waals surface area contributed by atoms with Crippen molar-refractivity contribution in [2.45, 2.75) is 47.0 Å². The van der Waals surface area contributed by atoms with Gasteiger partial charge in [0.25, 0.3) is 0 Å². The smallest absolute Gasteiger partial charge is 0.229 e. The number of hydrogen-bond donors (Lipinski definition) is 1. The molecule has 0 heterocycles. The molecule has 1 N–H and O–H groups in total. The van der Waals surface area contributed by atoms with E-state index in [9.17, 15) is 4.79 Å². The summed E-state index contributed by atoms with van der Waals surface area (Å²) in [4.78, 5) is 11.9. The summed E-state index contributed by atoms with van der Waals surface area (Å²) < 4.78 is 0.924. The number of benzene rings is 1. The summed E-state index contributed by atoms with van der Waals surface area (Å²) in [5, 5.41) is 2.94. The van der Waals surface area contributed by atoms with Gasteiger partial charge in [0.05, 0.1) is 5.69 Å². The molecule has 0 aliphatic rings. The van der Waals surface area contributed by atoms with Crippen LogP contribution in [0.2, 0.25) is 0 Å². The van der Waals surface area contributed by atoms with E-state index in [0.29, 0.717) is 0 Å². The normalized spacial score (nSPS) is 12.4. The van der Waals surface area contributed by atoms with E-state index in [0.717, 1.165) is 10.2 Å². The standard InChI is InChI=1S/C15H22BrNO/c1-14(2,3)10-7-8-12(11(16)9-10)17-13(18)15(4,5)6/h7-9H,1-6H3,(H,17,18). The van der Waals surface area contributed by atoms with Crippen LogP contribution in [-0.2, 0) is 10.2 Å². The molecular formula is C15H22BrNO. The van der Waals surface area contributed by atoms with Crippen LogP contribution in [0.15, 0.2) is 22.7 Å². The van der Waals surface area contributed by atoms with E-state index in [4.69, 9.17) is 0 Å². The first-order valence-corrected chi connectivity index (χ1v) is 6.92. The lowest BCUT2D eigenvalue weighted by Crippen LogP contribution is -2.27. The molecule has 1 aromatic rings. The lowest BCUT2D eigenvalue weighted by atomic mass is 9.87. The van der Waals surface area contributed by atoms with Crippen LogP contribution in [0, 0.1) is 5.41 Å². The SMILES string of the molecule is CC(C)(C)C(=O)Nc1ccc(C(C)(C)C)cc1Br. The summed E-state index contributed by atoms with van der Waals surface area (Å²) >= 11 is 3.52. The highest BCUT2D eigenvalue weighted by molar-refractivity contribution is 9.10. The van der Waals surface area contributed by atoms with E-state index in [2.05, 4.69) is 54.2 Å². The summed E-state index contributed by atoms with van der Waals surface area (Å²) in [5.41, 5.74) is 1.78. The zero-order valence-electron chi connectivity index (χ0n) is 12.0. The van der Waals surface area contributed by atoms with Crippen LogP contribution >= 0.6 is 15.9 Å². The zero-order valence-corrected chi connectivity index (χ0v) is 13.6. The van der Waals surface area contributed by atoms with Gasteiger partial charge in [-0.2, -0.15) is 0 Å². The van der Waals surface area contributed by atoms with Gasteiger partial charge in [-0.05, 0) is 39.0 Å². The molecule has 0 unspecified atom stereocenters. The Kier molecular flexibility index (Phi) is 4.26. The summed E-state index contributed by atoms with van der Waals surface area (Å²) in [6.07, 6.45) is 0. The van der Waals surface area contributed by atoms with Gasteiger partial charge in [0, 0.05) is 9.89 Å². The molecule has 0 atom stereocenters.